The van der Waals surface area contributed by atoms with Crippen molar-refractivity contribution in [2.75, 3.05) is 46.1 Å². The molecule has 1 saturated heterocycles. The molecule has 3 aliphatic heterocycles. The Balaban J connectivity index is 1.28. The Bertz CT molecular complexity index is 1040. The monoisotopic (exact) mass is 438 g/mol. The van der Waals surface area contributed by atoms with E-state index in [1.807, 2.05) is 13.0 Å². The Kier molecular flexibility index (Phi) is 5.95. The molecule has 2 aromatic carbocycles. The maximum absolute atomic E-state index is 13.2. The van der Waals surface area contributed by atoms with Crippen LogP contribution in [0.25, 0.3) is 6.08 Å². The molecule has 0 atom stereocenters. The number of ether oxygens (including phenoxy) is 3. The van der Waals surface area contributed by atoms with Gasteiger partial charge in [0.05, 0.1) is 18.8 Å². The predicted octanol–water partition coefficient (Wildman–Crippen LogP) is 3.62. The summed E-state index contributed by atoms with van der Waals surface area (Å²) in [5, 5.41) is 0. The highest BCUT2D eigenvalue weighted by atomic mass is 19.1. The molecule has 0 amide bonds. The molecule has 32 heavy (non-hydrogen) atoms. The number of halogens is 1. The molecule has 6 nitrogen and oxygen atoms in total. The second kappa shape index (κ2) is 9.02. The van der Waals surface area contributed by atoms with Crippen LogP contribution < -0.4 is 9.47 Å². The number of fused-ring (bicyclic) bond motifs is 2. The Morgan fingerprint density at radius 2 is 1.81 bits per heavy atom. The first kappa shape index (κ1) is 21.1. The zero-order chi connectivity index (χ0) is 22.1. The van der Waals surface area contributed by atoms with Crippen molar-refractivity contribution in [3.8, 4) is 11.5 Å². The van der Waals surface area contributed by atoms with Gasteiger partial charge in [-0.3, -0.25) is 14.6 Å². The minimum absolute atomic E-state index is 0.153. The van der Waals surface area contributed by atoms with E-state index in [1.54, 1.807) is 18.2 Å². The average Bonchev–Trinajstić information content (AvgIpc) is 3.12. The van der Waals surface area contributed by atoms with Gasteiger partial charge in [0, 0.05) is 37.3 Å². The van der Waals surface area contributed by atoms with Gasteiger partial charge in [0.2, 0.25) is 5.78 Å². The highest BCUT2D eigenvalue weighted by Crippen LogP contribution is 2.43. The van der Waals surface area contributed by atoms with E-state index in [1.165, 1.54) is 12.1 Å². The van der Waals surface area contributed by atoms with Crippen LogP contribution in [-0.2, 0) is 11.3 Å². The maximum Gasteiger partial charge on any atom is 0.231 e. The molecule has 0 N–H and O–H groups in total. The fourth-order valence-corrected chi connectivity index (χ4v) is 4.49. The summed E-state index contributed by atoms with van der Waals surface area (Å²) in [4.78, 5) is 17.7. The van der Waals surface area contributed by atoms with Crippen LogP contribution in [0.4, 0.5) is 4.39 Å². The molecule has 168 valence electrons. The largest absolute Gasteiger partial charge is 0.477 e. The van der Waals surface area contributed by atoms with Gasteiger partial charge >= 0.3 is 0 Å². The van der Waals surface area contributed by atoms with Crippen LogP contribution in [-0.4, -0.2) is 61.7 Å². The predicted molar refractivity (Wildman–Crippen MR) is 118 cm³/mol. The lowest BCUT2D eigenvalue weighted by molar-refractivity contribution is 0.0329. The van der Waals surface area contributed by atoms with Crippen molar-refractivity contribution in [1.82, 2.24) is 9.80 Å². The van der Waals surface area contributed by atoms with Crippen molar-refractivity contribution in [3.05, 3.63) is 64.2 Å². The van der Waals surface area contributed by atoms with Crippen LogP contribution in [0.1, 0.15) is 33.5 Å². The van der Waals surface area contributed by atoms with Crippen LogP contribution >= 0.6 is 0 Å². The van der Waals surface area contributed by atoms with Crippen LogP contribution in [0.15, 0.2) is 36.1 Å². The molecule has 0 bridgehead atoms. The molecule has 0 aromatic heterocycles. The molecule has 0 spiro atoms. The minimum Gasteiger partial charge on any atom is -0.477 e. The fourth-order valence-electron chi connectivity index (χ4n) is 4.49. The second-order valence-electron chi connectivity index (χ2n) is 8.49. The SMILES string of the molecule is Cc1c2c(cc3c1O/C(=C/c1ccc(F)cc1)C3=O)CN(CCCN1CCOCC1)CO2. The average molecular weight is 438 g/mol. The van der Waals surface area contributed by atoms with Gasteiger partial charge in [0.25, 0.3) is 0 Å². The molecule has 0 unspecified atom stereocenters. The third kappa shape index (κ3) is 4.28. The Morgan fingerprint density at radius 3 is 2.59 bits per heavy atom. The van der Waals surface area contributed by atoms with Crippen molar-refractivity contribution < 1.29 is 23.4 Å². The number of carbonyl (C=O) groups is 1. The zero-order valence-corrected chi connectivity index (χ0v) is 18.2. The molecule has 3 heterocycles. The summed E-state index contributed by atoms with van der Waals surface area (Å²) in [6.07, 6.45) is 2.72. The standard InChI is InChI=1S/C25H27FN2O4/c1-17-24-19(15-28(16-31-24)8-2-7-27-9-11-30-12-10-27)14-21-23(29)22(32-25(17)21)13-18-3-5-20(26)6-4-18/h3-6,13-14H,2,7-12,15-16H2,1H3/b22-13+. The van der Waals surface area contributed by atoms with Gasteiger partial charge in [-0.1, -0.05) is 12.1 Å². The molecule has 1 fully saturated rings. The van der Waals surface area contributed by atoms with Gasteiger partial charge in [0.15, 0.2) is 5.76 Å². The van der Waals surface area contributed by atoms with E-state index in [9.17, 15) is 9.18 Å². The number of hydrogen-bond donors (Lipinski definition) is 0. The van der Waals surface area contributed by atoms with Gasteiger partial charge in [-0.2, -0.15) is 0 Å². The van der Waals surface area contributed by atoms with Crippen LogP contribution in [0.2, 0.25) is 0 Å². The summed E-state index contributed by atoms with van der Waals surface area (Å²) >= 11 is 0. The lowest BCUT2D eigenvalue weighted by atomic mass is 10.00. The number of nitrogens with zero attached hydrogens (tertiary/aromatic N) is 2. The van der Waals surface area contributed by atoms with Crippen molar-refractivity contribution in [3.63, 3.8) is 0 Å². The smallest absolute Gasteiger partial charge is 0.231 e. The Hall–Kier alpha value is -2.74. The van der Waals surface area contributed by atoms with E-state index < -0.39 is 0 Å². The highest BCUT2D eigenvalue weighted by Gasteiger charge is 2.33. The molecule has 2 aromatic rings. The number of Topliss-reactive ketones (excluding diaryl/α,β-unsaturated/α-hetero) is 1. The van der Waals surface area contributed by atoms with Crippen molar-refractivity contribution in [2.45, 2.75) is 19.9 Å². The first-order chi connectivity index (χ1) is 15.6. The first-order valence-corrected chi connectivity index (χ1v) is 11.1. The summed E-state index contributed by atoms with van der Waals surface area (Å²) < 4.78 is 30.6. The number of ketones is 1. The molecular formula is C25H27FN2O4. The summed E-state index contributed by atoms with van der Waals surface area (Å²) in [7, 11) is 0. The second-order valence-corrected chi connectivity index (χ2v) is 8.49. The van der Waals surface area contributed by atoms with Gasteiger partial charge in [-0.25, -0.2) is 4.39 Å². The lowest BCUT2D eigenvalue weighted by Crippen LogP contribution is -2.39. The third-order valence-electron chi connectivity index (χ3n) is 6.22. The van der Waals surface area contributed by atoms with Crippen molar-refractivity contribution in [1.29, 1.82) is 0 Å². The van der Waals surface area contributed by atoms with Crippen molar-refractivity contribution >= 4 is 11.9 Å². The van der Waals surface area contributed by atoms with E-state index >= 15 is 0 Å². The fraction of sp³-hybridized carbons (Fsp3) is 0.400. The molecule has 0 aliphatic carbocycles. The van der Waals surface area contributed by atoms with E-state index in [-0.39, 0.29) is 17.4 Å². The summed E-state index contributed by atoms with van der Waals surface area (Å²) in [5.41, 5.74) is 3.14. The number of morpholine rings is 1. The number of benzene rings is 2. The Morgan fingerprint density at radius 1 is 1.06 bits per heavy atom. The summed E-state index contributed by atoms with van der Waals surface area (Å²) in [6.45, 7) is 8.84. The third-order valence-corrected chi connectivity index (χ3v) is 6.22. The first-order valence-electron chi connectivity index (χ1n) is 11.1. The number of rotatable bonds is 5. The van der Waals surface area contributed by atoms with Gasteiger partial charge in [0.1, 0.15) is 24.0 Å². The van der Waals surface area contributed by atoms with Crippen LogP contribution in [0.5, 0.6) is 11.5 Å². The van der Waals surface area contributed by atoms with E-state index in [0.717, 1.165) is 69.2 Å². The zero-order valence-electron chi connectivity index (χ0n) is 18.2. The molecule has 7 heteroatoms. The van der Waals surface area contributed by atoms with E-state index in [0.29, 0.717) is 23.6 Å². The molecule has 3 aliphatic rings. The lowest BCUT2D eigenvalue weighted by Gasteiger charge is -2.31. The molecular weight excluding hydrogens is 411 g/mol. The number of carbonyl (C=O) groups excluding carboxylic acids is 1. The summed E-state index contributed by atoms with van der Waals surface area (Å²) in [6, 6.07) is 7.88. The quantitative estimate of drug-likeness (QED) is 0.665. The van der Waals surface area contributed by atoms with Crippen LogP contribution in [0, 0.1) is 12.7 Å². The van der Waals surface area contributed by atoms with Crippen molar-refractivity contribution in [2.24, 2.45) is 0 Å². The molecule has 0 saturated carbocycles. The molecule has 5 rings (SSSR count). The van der Waals surface area contributed by atoms with E-state index in [4.69, 9.17) is 14.2 Å². The van der Waals surface area contributed by atoms with Gasteiger partial charge in [-0.15, -0.1) is 0 Å². The van der Waals surface area contributed by atoms with Gasteiger partial charge < -0.3 is 14.2 Å². The maximum atomic E-state index is 13.2. The Labute approximate surface area is 187 Å². The number of allylic oxidation sites excluding steroid dienone is 1. The highest BCUT2D eigenvalue weighted by molar-refractivity contribution is 6.15. The van der Waals surface area contributed by atoms with Crippen LogP contribution in [0.3, 0.4) is 0 Å². The summed E-state index contributed by atoms with van der Waals surface area (Å²) in [5.74, 6) is 1.15. The minimum atomic E-state index is -0.315. The topological polar surface area (TPSA) is 51.2 Å². The van der Waals surface area contributed by atoms with E-state index in [2.05, 4.69) is 9.80 Å². The van der Waals surface area contributed by atoms with Gasteiger partial charge in [-0.05, 0) is 49.7 Å². The number of hydrogen-bond acceptors (Lipinski definition) is 6. The normalized spacial score (nSPS) is 20.1. The molecule has 0 radical (unpaired) electrons.